The highest BCUT2D eigenvalue weighted by Crippen LogP contribution is 2.46. The van der Waals surface area contributed by atoms with Crippen LogP contribution in [0, 0.1) is 12.8 Å². The number of rotatable bonds is 9. The van der Waals surface area contributed by atoms with Crippen molar-refractivity contribution in [2.24, 2.45) is 5.92 Å². The molecule has 1 saturated carbocycles. The molecule has 6 N–H and O–H groups in total. The van der Waals surface area contributed by atoms with E-state index in [9.17, 15) is 40.2 Å². The molecule has 0 bridgehead atoms. The van der Waals surface area contributed by atoms with Gasteiger partial charge in [0.1, 0.15) is 35.9 Å². The molecule has 2 aromatic rings. The van der Waals surface area contributed by atoms with Crippen LogP contribution >= 0.6 is 0 Å². The maximum atomic E-state index is 12.2. The second-order valence-electron chi connectivity index (χ2n) is 10.9. The summed E-state index contributed by atoms with van der Waals surface area (Å²) < 4.78 is 11.9. The number of aromatic carboxylic acids is 1. The molecule has 1 aliphatic carbocycles. The summed E-state index contributed by atoms with van der Waals surface area (Å²) in [6.45, 7) is 4.98. The van der Waals surface area contributed by atoms with Crippen molar-refractivity contribution in [1.29, 1.82) is 0 Å². The number of phenolic OH excluding ortho intramolecular Hbond substituents is 1. The number of hydrogen-bond donors (Lipinski definition) is 6. The number of ketones is 1. The molecule has 10 heteroatoms. The van der Waals surface area contributed by atoms with Gasteiger partial charge in [0.05, 0.1) is 22.1 Å². The van der Waals surface area contributed by atoms with Crippen LogP contribution in [0.1, 0.15) is 85.1 Å². The largest absolute Gasteiger partial charge is 0.506 e. The molecule has 7 atom stereocenters. The van der Waals surface area contributed by atoms with E-state index in [-0.39, 0.29) is 33.6 Å². The van der Waals surface area contributed by atoms with Gasteiger partial charge in [-0.1, -0.05) is 38.7 Å². The van der Waals surface area contributed by atoms with Crippen LogP contribution in [-0.2, 0) is 4.74 Å². The lowest BCUT2D eigenvalue weighted by Crippen LogP contribution is -2.66. The number of carboxylic acid groups (broad SMARTS) is 1. The zero-order valence-electron chi connectivity index (χ0n) is 22.5. The average molecular weight is 547 g/mol. The SMILES string of the molecule is CCCCC[C@@H]1CCC[C@@]1(O)[C@H]1O[C@@H](Oc2cc(C(=O)O)cc3cc(C)c(C(C)=O)c(O)c23)[C@H](O)[C@@H](O)[C@@H]1O. The number of carbonyl (C=O) groups is 2. The molecule has 2 fully saturated rings. The number of aliphatic hydroxyl groups excluding tert-OH is 3. The molecule has 39 heavy (non-hydrogen) atoms. The van der Waals surface area contributed by atoms with Crippen molar-refractivity contribution in [1.82, 2.24) is 0 Å². The van der Waals surface area contributed by atoms with E-state index in [0.29, 0.717) is 24.8 Å². The normalized spacial score (nSPS) is 30.9. The highest BCUT2D eigenvalue weighted by molar-refractivity contribution is 6.08. The molecule has 214 valence electrons. The molecule has 1 saturated heterocycles. The highest BCUT2D eigenvalue weighted by atomic mass is 16.7. The number of fused-ring (bicyclic) bond motifs is 1. The quantitative estimate of drug-likeness (QED) is 0.203. The van der Waals surface area contributed by atoms with Crippen LogP contribution in [-0.4, -0.2) is 78.7 Å². The van der Waals surface area contributed by atoms with Gasteiger partial charge in [-0.3, -0.25) is 4.79 Å². The van der Waals surface area contributed by atoms with E-state index in [4.69, 9.17) is 9.47 Å². The van der Waals surface area contributed by atoms with Crippen LogP contribution in [0.4, 0.5) is 0 Å². The van der Waals surface area contributed by atoms with Crippen molar-refractivity contribution in [2.75, 3.05) is 0 Å². The number of aromatic hydroxyl groups is 1. The summed E-state index contributed by atoms with van der Waals surface area (Å²) in [5, 5.41) is 65.1. The average Bonchev–Trinajstić information content (AvgIpc) is 3.24. The minimum atomic E-state index is -1.76. The van der Waals surface area contributed by atoms with Gasteiger partial charge in [0.15, 0.2) is 5.78 Å². The number of Topliss-reactive ketones (excluding diaryl/α,β-unsaturated/α-hetero) is 1. The number of ether oxygens (including phenoxy) is 2. The molecule has 0 unspecified atom stereocenters. The predicted octanol–water partition coefficient (Wildman–Crippen LogP) is 3.05. The number of carbonyl (C=O) groups excluding carboxylic acids is 1. The summed E-state index contributed by atoms with van der Waals surface area (Å²) in [6.07, 6.45) is -2.62. The molecule has 0 amide bonds. The van der Waals surface area contributed by atoms with Crippen molar-refractivity contribution < 1.29 is 49.7 Å². The summed E-state index contributed by atoms with van der Waals surface area (Å²) in [5.74, 6) is -2.49. The Morgan fingerprint density at radius 3 is 2.46 bits per heavy atom. The van der Waals surface area contributed by atoms with E-state index in [1.54, 1.807) is 13.0 Å². The molecular formula is C29H38O10. The third-order valence-corrected chi connectivity index (χ3v) is 8.27. The summed E-state index contributed by atoms with van der Waals surface area (Å²) in [7, 11) is 0. The van der Waals surface area contributed by atoms with Crippen molar-refractivity contribution >= 4 is 22.5 Å². The van der Waals surface area contributed by atoms with Gasteiger partial charge < -0.3 is 40.1 Å². The molecule has 4 rings (SSSR count). The zero-order valence-corrected chi connectivity index (χ0v) is 22.5. The van der Waals surface area contributed by atoms with Gasteiger partial charge in [0.2, 0.25) is 6.29 Å². The van der Waals surface area contributed by atoms with Gasteiger partial charge in [-0.05, 0) is 62.1 Å². The van der Waals surface area contributed by atoms with Gasteiger partial charge in [0.25, 0.3) is 0 Å². The second-order valence-corrected chi connectivity index (χ2v) is 10.9. The maximum Gasteiger partial charge on any atom is 0.335 e. The zero-order chi connectivity index (χ0) is 28.6. The molecule has 10 nitrogen and oxygen atoms in total. The number of aryl methyl sites for hydroxylation is 1. The molecular weight excluding hydrogens is 508 g/mol. The van der Waals surface area contributed by atoms with Gasteiger partial charge in [-0.2, -0.15) is 0 Å². The smallest absolute Gasteiger partial charge is 0.335 e. The Morgan fingerprint density at radius 2 is 1.82 bits per heavy atom. The van der Waals surface area contributed by atoms with Gasteiger partial charge in [-0.15, -0.1) is 0 Å². The topological polar surface area (TPSA) is 174 Å². The summed E-state index contributed by atoms with van der Waals surface area (Å²) in [5.41, 5.74) is -1.18. The Labute approximate surface area is 226 Å². The summed E-state index contributed by atoms with van der Waals surface area (Å²) in [6, 6.07) is 4.00. The molecule has 1 aliphatic heterocycles. The highest BCUT2D eigenvalue weighted by Gasteiger charge is 2.57. The van der Waals surface area contributed by atoms with E-state index >= 15 is 0 Å². The number of aliphatic hydroxyl groups is 4. The first-order valence-corrected chi connectivity index (χ1v) is 13.5. The van der Waals surface area contributed by atoms with Gasteiger partial charge in [0, 0.05) is 0 Å². The number of carboxylic acids is 1. The van der Waals surface area contributed by atoms with Crippen LogP contribution in [0.5, 0.6) is 11.5 Å². The lowest BCUT2D eigenvalue weighted by atomic mass is 9.77. The number of phenols is 1. The minimum absolute atomic E-state index is 0.0285. The van der Waals surface area contributed by atoms with Gasteiger partial charge >= 0.3 is 5.97 Å². The molecule has 2 aliphatic rings. The fraction of sp³-hybridized carbons (Fsp3) is 0.586. The lowest BCUT2D eigenvalue weighted by molar-refractivity contribution is -0.309. The summed E-state index contributed by atoms with van der Waals surface area (Å²) >= 11 is 0. The first-order chi connectivity index (χ1) is 18.4. The lowest BCUT2D eigenvalue weighted by Gasteiger charge is -2.47. The number of hydrogen-bond acceptors (Lipinski definition) is 9. The standard InChI is InChI=1S/C29H38O10/c1-4-5-6-8-18-9-7-10-29(18,37)26-24(33)23(32)25(34)28(39-26)38-19-13-17(27(35)36)12-16-11-14(2)20(15(3)30)22(31)21(16)19/h11-13,18,23-26,28,31-34,37H,4-10H2,1-3H3,(H,35,36)/t18-,23+,24+,25-,26+,28-,29+/m1/s1. The first-order valence-electron chi connectivity index (χ1n) is 13.5. The molecule has 0 aromatic heterocycles. The van der Waals surface area contributed by atoms with Crippen molar-refractivity contribution in [3.8, 4) is 11.5 Å². The molecule has 0 radical (unpaired) electrons. The third kappa shape index (κ3) is 5.36. The Bertz CT molecular complexity index is 1240. The molecule has 0 spiro atoms. The Kier molecular flexibility index (Phi) is 8.53. The fourth-order valence-corrected chi connectivity index (χ4v) is 6.26. The van der Waals surface area contributed by atoms with Crippen LogP contribution in [0.3, 0.4) is 0 Å². The van der Waals surface area contributed by atoms with Crippen LogP contribution in [0.25, 0.3) is 10.8 Å². The Morgan fingerprint density at radius 1 is 1.10 bits per heavy atom. The molecule has 2 aromatic carbocycles. The van der Waals surface area contributed by atoms with E-state index < -0.39 is 53.8 Å². The van der Waals surface area contributed by atoms with E-state index in [0.717, 1.165) is 31.7 Å². The minimum Gasteiger partial charge on any atom is -0.506 e. The number of unbranched alkanes of at least 4 members (excludes halogenated alkanes) is 2. The Balaban J connectivity index is 1.74. The van der Waals surface area contributed by atoms with E-state index in [1.165, 1.54) is 13.0 Å². The van der Waals surface area contributed by atoms with Crippen LogP contribution in [0.2, 0.25) is 0 Å². The van der Waals surface area contributed by atoms with Gasteiger partial charge in [-0.25, -0.2) is 4.79 Å². The predicted molar refractivity (Wildman–Crippen MR) is 141 cm³/mol. The first kappa shape index (κ1) is 29.2. The van der Waals surface area contributed by atoms with Crippen molar-refractivity contribution in [2.45, 2.75) is 102 Å². The van der Waals surface area contributed by atoms with Crippen molar-refractivity contribution in [3.63, 3.8) is 0 Å². The Hall–Kier alpha value is -2.76. The number of benzene rings is 2. The second kappa shape index (κ2) is 11.4. The van der Waals surface area contributed by atoms with Crippen molar-refractivity contribution in [3.05, 3.63) is 34.9 Å². The molecule has 1 heterocycles. The van der Waals surface area contributed by atoms with Crippen LogP contribution in [0.15, 0.2) is 18.2 Å². The fourth-order valence-electron chi connectivity index (χ4n) is 6.26. The summed E-state index contributed by atoms with van der Waals surface area (Å²) in [4.78, 5) is 24.1. The van der Waals surface area contributed by atoms with E-state index in [2.05, 4.69) is 6.92 Å². The maximum absolute atomic E-state index is 12.2. The van der Waals surface area contributed by atoms with Crippen LogP contribution < -0.4 is 4.74 Å². The monoisotopic (exact) mass is 546 g/mol. The third-order valence-electron chi connectivity index (χ3n) is 8.27. The van der Waals surface area contributed by atoms with E-state index in [1.807, 2.05) is 0 Å².